The number of likely N-dealkylation sites (tertiary alicyclic amines) is 1. The van der Waals surface area contributed by atoms with Crippen LogP contribution >= 0.6 is 11.8 Å². The van der Waals surface area contributed by atoms with Gasteiger partial charge in [0.2, 0.25) is 0 Å². The Hall–Kier alpha value is 0.270. The highest BCUT2D eigenvalue weighted by atomic mass is 32.2. The number of thioether (sulfide) groups is 1. The Morgan fingerprint density at radius 2 is 2.23 bits per heavy atom. The van der Waals surface area contributed by atoms with Crippen LogP contribution in [-0.4, -0.2) is 41.8 Å². The molecule has 0 spiro atoms. The van der Waals surface area contributed by atoms with E-state index in [2.05, 4.69) is 25.8 Å². The lowest BCUT2D eigenvalue weighted by molar-refractivity contribution is 0.0895. The lowest BCUT2D eigenvalue weighted by atomic mass is 10.1. The molecule has 2 fully saturated rings. The van der Waals surface area contributed by atoms with Crippen LogP contribution in [-0.2, 0) is 4.74 Å². The highest BCUT2D eigenvalue weighted by molar-refractivity contribution is 8.08. The zero-order valence-electron chi connectivity index (χ0n) is 8.75. The molecule has 0 aromatic heterocycles. The highest BCUT2D eigenvalue weighted by Gasteiger charge is 2.48. The molecule has 3 heteroatoms. The minimum atomic E-state index is 0.393. The van der Waals surface area contributed by atoms with E-state index in [0.717, 1.165) is 12.5 Å². The Kier molecular flexibility index (Phi) is 2.60. The number of hydrogen-bond acceptors (Lipinski definition) is 3. The Bertz CT molecular complexity index is 195. The van der Waals surface area contributed by atoms with Gasteiger partial charge in [-0.3, -0.25) is 0 Å². The molecule has 2 heterocycles. The Morgan fingerprint density at radius 1 is 1.54 bits per heavy atom. The van der Waals surface area contributed by atoms with Gasteiger partial charge in [0.05, 0.1) is 6.61 Å². The summed E-state index contributed by atoms with van der Waals surface area (Å²) in [5, 5.41) is 0. The molecule has 0 aromatic rings. The molecule has 0 amide bonds. The molecular formula is C10H19NOS. The summed E-state index contributed by atoms with van der Waals surface area (Å²) in [7, 11) is 2.19. The number of rotatable bonds is 3. The molecule has 2 nitrogen and oxygen atoms in total. The van der Waals surface area contributed by atoms with Gasteiger partial charge in [-0.25, -0.2) is 0 Å². The summed E-state index contributed by atoms with van der Waals surface area (Å²) < 4.78 is 6.23. The van der Waals surface area contributed by atoms with E-state index in [-0.39, 0.29) is 0 Å². The van der Waals surface area contributed by atoms with Crippen molar-refractivity contribution in [1.82, 2.24) is 4.90 Å². The average molecular weight is 201 g/mol. The van der Waals surface area contributed by atoms with Gasteiger partial charge in [-0.15, -0.1) is 11.8 Å². The SMILES string of the molecule is CN1CC[C@H](CO[C@@H]2SC2(C)C)C1. The first-order chi connectivity index (χ1) is 6.08. The van der Waals surface area contributed by atoms with Crippen molar-refractivity contribution in [1.29, 1.82) is 0 Å². The summed E-state index contributed by atoms with van der Waals surface area (Å²) in [6.45, 7) is 7.94. The van der Waals surface area contributed by atoms with Gasteiger partial charge >= 0.3 is 0 Å². The van der Waals surface area contributed by atoms with Crippen LogP contribution in [0.1, 0.15) is 20.3 Å². The topological polar surface area (TPSA) is 12.5 Å². The van der Waals surface area contributed by atoms with Gasteiger partial charge in [-0.1, -0.05) is 0 Å². The third kappa shape index (κ3) is 2.39. The zero-order valence-corrected chi connectivity index (χ0v) is 9.56. The Labute approximate surface area is 85.0 Å². The molecule has 13 heavy (non-hydrogen) atoms. The predicted octanol–water partition coefficient (Wildman–Crippen LogP) is 1.81. The minimum absolute atomic E-state index is 0.393. The fourth-order valence-electron chi connectivity index (χ4n) is 1.86. The summed E-state index contributed by atoms with van der Waals surface area (Å²) in [6.07, 6.45) is 1.31. The maximum atomic E-state index is 5.84. The molecule has 2 aliphatic rings. The zero-order chi connectivity index (χ0) is 9.47. The van der Waals surface area contributed by atoms with Gasteiger partial charge in [0, 0.05) is 11.3 Å². The molecule has 76 valence electrons. The fraction of sp³-hybridized carbons (Fsp3) is 1.00. The van der Waals surface area contributed by atoms with E-state index >= 15 is 0 Å². The monoisotopic (exact) mass is 201 g/mol. The van der Waals surface area contributed by atoms with Gasteiger partial charge in [-0.05, 0) is 39.8 Å². The van der Waals surface area contributed by atoms with Crippen molar-refractivity contribution in [3.63, 3.8) is 0 Å². The largest absolute Gasteiger partial charge is 0.366 e. The van der Waals surface area contributed by atoms with Crippen molar-refractivity contribution in [3.8, 4) is 0 Å². The van der Waals surface area contributed by atoms with E-state index in [1.54, 1.807) is 0 Å². The standard InChI is InChI=1S/C10H19NOS/c1-10(2)9(13-10)12-7-8-4-5-11(3)6-8/h8-9H,4-7H2,1-3H3/t8-,9+/m0/s1. The van der Waals surface area contributed by atoms with Crippen molar-refractivity contribution in [2.45, 2.75) is 30.5 Å². The smallest absolute Gasteiger partial charge is 0.118 e. The van der Waals surface area contributed by atoms with Crippen LogP contribution in [0.4, 0.5) is 0 Å². The van der Waals surface area contributed by atoms with Crippen molar-refractivity contribution in [2.75, 3.05) is 26.7 Å². The third-order valence-electron chi connectivity index (χ3n) is 2.89. The van der Waals surface area contributed by atoms with E-state index < -0.39 is 0 Å². The summed E-state index contributed by atoms with van der Waals surface area (Å²) in [5.41, 5.74) is 0.471. The van der Waals surface area contributed by atoms with Gasteiger partial charge in [0.1, 0.15) is 5.44 Å². The molecule has 0 aliphatic carbocycles. The summed E-state index contributed by atoms with van der Waals surface area (Å²) in [5.74, 6) is 0.780. The normalized spacial score (nSPS) is 38.1. The first-order valence-corrected chi connectivity index (χ1v) is 5.94. The van der Waals surface area contributed by atoms with Gasteiger partial charge < -0.3 is 9.64 Å². The maximum absolute atomic E-state index is 5.84. The number of nitrogens with zero attached hydrogens (tertiary/aromatic N) is 1. The molecule has 2 saturated heterocycles. The van der Waals surface area contributed by atoms with Crippen LogP contribution < -0.4 is 0 Å². The van der Waals surface area contributed by atoms with Gasteiger partial charge in [0.25, 0.3) is 0 Å². The van der Waals surface area contributed by atoms with Crippen LogP contribution in [0.5, 0.6) is 0 Å². The van der Waals surface area contributed by atoms with E-state index in [9.17, 15) is 0 Å². The summed E-state index contributed by atoms with van der Waals surface area (Å²) in [6, 6.07) is 0. The second kappa shape index (κ2) is 3.44. The first kappa shape index (κ1) is 9.81. The summed E-state index contributed by atoms with van der Waals surface area (Å²) in [4.78, 5) is 2.39. The molecule has 0 saturated carbocycles. The van der Waals surface area contributed by atoms with Crippen LogP contribution in [0.2, 0.25) is 0 Å². The first-order valence-electron chi connectivity index (χ1n) is 5.06. The second-order valence-electron chi connectivity index (χ2n) is 4.80. The molecule has 0 unspecified atom stereocenters. The van der Waals surface area contributed by atoms with Gasteiger partial charge in [0.15, 0.2) is 0 Å². The van der Waals surface area contributed by atoms with Gasteiger partial charge in [-0.2, -0.15) is 0 Å². The van der Waals surface area contributed by atoms with Crippen LogP contribution in [0, 0.1) is 5.92 Å². The van der Waals surface area contributed by atoms with Crippen LogP contribution in [0.3, 0.4) is 0 Å². The van der Waals surface area contributed by atoms with Crippen LogP contribution in [0.15, 0.2) is 0 Å². The van der Waals surface area contributed by atoms with Crippen molar-refractivity contribution < 1.29 is 4.74 Å². The number of ether oxygens (including phenoxy) is 1. The molecular weight excluding hydrogens is 182 g/mol. The highest BCUT2D eigenvalue weighted by Crippen LogP contribution is 2.53. The molecule has 0 bridgehead atoms. The Morgan fingerprint density at radius 3 is 2.69 bits per heavy atom. The predicted molar refractivity (Wildman–Crippen MR) is 57.0 cm³/mol. The average Bonchev–Trinajstić information content (AvgIpc) is 2.45. The second-order valence-corrected chi connectivity index (χ2v) is 6.52. The lowest BCUT2D eigenvalue weighted by Crippen LogP contribution is -2.18. The quantitative estimate of drug-likeness (QED) is 0.646. The molecule has 0 N–H and O–H groups in total. The molecule has 2 aliphatic heterocycles. The van der Waals surface area contributed by atoms with E-state index in [4.69, 9.17) is 4.74 Å². The lowest BCUT2D eigenvalue weighted by Gasteiger charge is -2.10. The molecule has 0 radical (unpaired) electrons. The van der Waals surface area contributed by atoms with E-state index in [1.165, 1.54) is 19.5 Å². The molecule has 0 aromatic carbocycles. The summed E-state index contributed by atoms with van der Waals surface area (Å²) >= 11 is 1.94. The third-order valence-corrected chi connectivity index (χ3v) is 4.40. The van der Waals surface area contributed by atoms with E-state index in [1.807, 2.05) is 11.8 Å². The molecule has 2 atom stereocenters. The van der Waals surface area contributed by atoms with E-state index in [0.29, 0.717) is 10.2 Å². The minimum Gasteiger partial charge on any atom is -0.366 e. The van der Waals surface area contributed by atoms with Crippen molar-refractivity contribution >= 4 is 11.8 Å². The number of hydrogen-bond donors (Lipinski definition) is 0. The Balaban J connectivity index is 1.64. The van der Waals surface area contributed by atoms with Crippen LogP contribution in [0.25, 0.3) is 0 Å². The fourth-order valence-corrected chi connectivity index (χ4v) is 2.56. The van der Waals surface area contributed by atoms with Crippen molar-refractivity contribution in [3.05, 3.63) is 0 Å². The molecule has 2 rings (SSSR count). The maximum Gasteiger partial charge on any atom is 0.118 e. The van der Waals surface area contributed by atoms with Crippen molar-refractivity contribution in [2.24, 2.45) is 5.92 Å².